The number of aliphatic hydroxyl groups is 1. The molecule has 0 aliphatic heterocycles. The van der Waals surface area contributed by atoms with E-state index in [1.54, 1.807) is 7.05 Å². The first-order valence-corrected chi connectivity index (χ1v) is 5.93. The molecule has 0 fully saturated rings. The fourth-order valence-corrected chi connectivity index (χ4v) is 1.59. The quantitative estimate of drug-likeness (QED) is 0.638. The third-order valence-corrected chi connectivity index (χ3v) is 2.98. The highest BCUT2D eigenvalue weighted by atomic mass is 16.5. The lowest BCUT2D eigenvalue weighted by molar-refractivity contribution is -0.138. The van der Waals surface area contributed by atoms with E-state index in [2.05, 4.69) is 6.07 Å². The van der Waals surface area contributed by atoms with E-state index in [1.807, 2.05) is 13.8 Å². The molecule has 0 aromatic heterocycles. The van der Waals surface area contributed by atoms with Gasteiger partial charge in [0.05, 0.1) is 25.9 Å². The summed E-state index contributed by atoms with van der Waals surface area (Å²) in [4.78, 5) is 13.6. The number of carbonyl (C=O) groups excluding carboxylic acids is 1. The van der Waals surface area contributed by atoms with Crippen LogP contribution in [-0.2, 0) is 9.53 Å². The number of carbonyl (C=O) groups is 1. The van der Waals surface area contributed by atoms with Gasteiger partial charge in [-0.3, -0.25) is 4.79 Å². The second-order valence-corrected chi connectivity index (χ2v) is 3.96. The van der Waals surface area contributed by atoms with Gasteiger partial charge in [0, 0.05) is 13.6 Å². The number of hydrogen-bond acceptors (Lipinski definition) is 4. The Balaban J connectivity index is 4.33. The third-order valence-electron chi connectivity index (χ3n) is 2.98. The maximum Gasteiger partial charge on any atom is 0.242 e. The van der Waals surface area contributed by atoms with Crippen molar-refractivity contribution in [2.75, 3.05) is 33.4 Å². The van der Waals surface area contributed by atoms with Crippen molar-refractivity contribution in [1.82, 2.24) is 4.90 Å². The number of ether oxygens (including phenoxy) is 1. The van der Waals surface area contributed by atoms with Gasteiger partial charge in [-0.2, -0.15) is 5.26 Å². The molecule has 5 heteroatoms. The monoisotopic (exact) mass is 242 g/mol. The van der Waals surface area contributed by atoms with Crippen molar-refractivity contribution in [3.63, 3.8) is 0 Å². The summed E-state index contributed by atoms with van der Waals surface area (Å²) in [6.07, 6.45) is 1.03. The molecule has 0 rings (SSSR count). The largest absolute Gasteiger partial charge is 0.394 e. The van der Waals surface area contributed by atoms with Crippen molar-refractivity contribution >= 4 is 5.91 Å². The van der Waals surface area contributed by atoms with Crippen LogP contribution in [0.4, 0.5) is 0 Å². The summed E-state index contributed by atoms with van der Waals surface area (Å²) in [5.41, 5.74) is -0.911. The number of amides is 1. The second kappa shape index (κ2) is 8.04. The van der Waals surface area contributed by atoms with Crippen LogP contribution < -0.4 is 0 Å². The predicted octanol–water partition coefficient (Wildman–Crippen LogP) is 0.784. The van der Waals surface area contributed by atoms with Crippen molar-refractivity contribution in [2.45, 2.75) is 26.7 Å². The molecule has 0 aromatic carbocycles. The first kappa shape index (κ1) is 15.9. The Hall–Kier alpha value is -1.12. The van der Waals surface area contributed by atoms with Crippen LogP contribution in [0.25, 0.3) is 0 Å². The molecular weight excluding hydrogens is 220 g/mol. The molecule has 0 aliphatic rings. The minimum Gasteiger partial charge on any atom is -0.394 e. The molecule has 0 saturated carbocycles. The van der Waals surface area contributed by atoms with Crippen molar-refractivity contribution in [1.29, 1.82) is 5.26 Å². The van der Waals surface area contributed by atoms with Crippen LogP contribution in [0.5, 0.6) is 0 Å². The summed E-state index contributed by atoms with van der Waals surface area (Å²) in [6, 6.07) is 2.13. The highest BCUT2D eigenvalue weighted by molar-refractivity contribution is 5.85. The maximum atomic E-state index is 12.1. The average molecular weight is 242 g/mol. The van der Waals surface area contributed by atoms with E-state index in [4.69, 9.17) is 15.1 Å². The molecule has 17 heavy (non-hydrogen) atoms. The fraction of sp³-hybridized carbons (Fsp3) is 0.833. The van der Waals surface area contributed by atoms with Gasteiger partial charge < -0.3 is 14.7 Å². The van der Waals surface area contributed by atoms with E-state index in [1.165, 1.54) is 4.90 Å². The Kier molecular flexibility index (Phi) is 7.51. The zero-order chi connectivity index (χ0) is 13.3. The Morgan fingerprint density at radius 1 is 1.41 bits per heavy atom. The fourth-order valence-electron chi connectivity index (χ4n) is 1.59. The van der Waals surface area contributed by atoms with Crippen molar-refractivity contribution in [2.24, 2.45) is 5.41 Å². The lowest BCUT2D eigenvalue weighted by atomic mass is 9.82. The normalized spacial score (nSPS) is 11.0. The molecule has 0 radical (unpaired) electrons. The minimum atomic E-state index is -0.911. The summed E-state index contributed by atoms with van der Waals surface area (Å²) in [6.45, 7) is 4.75. The lowest BCUT2D eigenvalue weighted by Gasteiger charge is -2.28. The van der Waals surface area contributed by atoms with Gasteiger partial charge in [0.25, 0.3) is 0 Å². The molecule has 1 amide bonds. The van der Waals surface area contributed by atoms with Gasteiger partial charge in [-0.1, -0.05) is 13.8 Å². The number of rotatable bonds is 8. The average Bonchev–Trinajstić information content (AvgIpc) is 2.37. The van der Waals surface area contributed by atoms with E-state index in [9.17, 15) is 4.79 Å². The first-order valence-electron chi connectivity index (χ1n) is 5.93. The molecule has 1 N–H and O–H groups in total. The topological polar surface area (TPSA) is 73.6 Å². The van der Waals surface area contributed by atoms with E-state index in [0.717, 1.165) is 0 Å². The molecular formula is C12H22N2O3. The van der Waals surface area contributed by atoms with Crippen LogP contribution in [0.2, 0.25) is 0 Å². The standard InChI is InChI=1S/C12H22N2O3/c1-4-12(5-2,10-13)11(16)14(3)6-8-17-9-7-15/h15H,4-9H2,1-3H3. The number of likely N-dealkylation sites (N-methyl/N-ethyl adjacent to an activating group) is 1. The van der Waals surface area contributed by atoms with Gasteiger partial charge in [0.1, 0.15) is 5.41 Å². The zero-order valence-corrected chi connectivity index (χ0v) is 10.9. The highest BCUT2D eigenvalue weighted by Gasteiger charge is 2.36. The van der Waals surface area contributed by atoms with E-state index in [-0.39, 0.29) is 19.1 Å². The van der Waals surface area contributed by atoms with Gasteiger partial charge >= 0.3 is 0 Å². The van der Waals surface area contributed by atoms with Crippen LogP contribution in [0.1, 0.15) is 26.7 Å². The molecule has 5 nitrogen and oxygen atoms in total. The van der Waals surface area contributed by atoms with E-state index >= 15 is 0 Å². The molecule has 0 aliphatic carbocycles. The molecule has 0 saturated heterocycles. The molecule has 0 heterocycles. The SMILES string of the molecule is CCC(C#N)(CC)C(=O)N(C)CCOCCO. The van der Waals surface area contributed by atoms with Gasteiger partial charge in [0.15, 0.2) is 0 Å². The third kappa shape index (κ3) is 4.33. The zero-order valence-electron chi connectivity index (χ0n) is 10.9. The maximum absolute atomic E-state index is 12.1. The molecule has 0 aromatic rings. The summed E-state index contributed by atoms with van der Waals surface area (Å²) in [7, 11) is 1.67. The summed E-state index contributed by atoms with van der Waals surface area (Å²) < 4.78 is 5.09. The molecule has 98 valence electrons. The Bertz CT molecular complexity index is 269. The van der Waals surface area contributed by atoms with Crippen molar-refractivity contribution in [3.05, 3.63) is 0 Å². The Labute approximate surface area is 103 Å². The van der Waals surface area contributed by atoms with E-state index < -0.39 is 5.41 Å². The van der Waals surface area contributed by atoms with Crippen LogP contribution in [-0.4, -0.2) is 49.3 Å². The first-order chi connectivity index (χ1) is 8.07. The van der Waals surface area contributed by atoms with Gasteiger partial charge in [-0.25, -0.2) is 0 Å². The summed E-state index contributed by atoms with van der Waals surface area (Å²) >= 11 is 0. The van der Waals surface area contributed by atoms with Gasteiger partial charge in [-0.05, 0) is 12.8 Å². The Morgan fingerprint density at radius 3 is 2.41 bits per heavy atom. The van der Waals surface area contributed by atoms with Crippen LogP contribution in [0, 0.1) is 16.7 Å². The van der Waals surface area contributed by atoms with Gasteiger partial charge in [-0.15, -0.1) is 0 Å². The Morgan fingerprint density at radius 2 is 2.00 bits per heavy atom. The van der Waals surface area contributed by atoms with Crippen molar-refractivity contribution < 1.29 is 14.6 Å². The van der Waals surface area contributed by atoms with Crippen LogP contribution in [0.3, 0.4) is 0 Å². The lowest BCUT2D eigenvalue weighted by Crippen LogP contribution is -2.42. The molecule has 0 atom stereocenters. The number of aliphatic hydroxyl groups excluding tert-OH is 1. The van der Waals surface area contributed by atoms with Crippen LogP contribution in [0.15, 0.2) is 0 Å². The minimum absolute atomic E-state index is 0.0241. The smallest absolute Gasteiger partial charge is 0.242 e. The summed E-state index contributed by atoms with van der Waals surface area (Å²) in [5, 5.41) is 17.7. The number of nitriles is 1. The molecule has 0 bridgehead atoms. The number of nitrogens with zero attached hydrogens (tertiary/aromatic N) is 2. The van der Waals surface area contributed by atoms with Crippen LogP contribution >= 0.6 is 0 Å². The molecule has 0 spiro atoms. The number of hydrogen-bond donors (Lipinski definition) is 1. The highest BCUT2D eigenvalue weighted by Crippen LogP contribution is 2.27. The van der Waals surface area contributed by atoms with Gasteiger partial charge in [0.2, 0.25) is 5.91 Å². The second-order valence-electron chi connectivity index (χ2n) is 3.96. The summed E-state index contributed by atoms with van der Waals surface area (Å²) in [5.74, 6) is -0.155. The van der Waals surface area contributed by atoms with Crippen molar-refractivity contribution in [3.8, 4) is 6.07 Å². The predicted molar refractivity (Wildman–Crippen MR) is 64.2 cm³/mol. The molecule has 0 unspecified atom stereocenters. The van der Waals surface area contributed by atoms with E-state index in [0.29, 0.717) is 26.0 Å².